The summed E-state index contributed by atoms with van der Waals surface area (Å²) in [7, 11) is 0. The van der Waals surface area contributed by atoms with Crippen LogP contribution >= 0.6 is 11.3 Å². The molecular formula is C14H20N4OS. The molecule has 108 valence electrons. The van der Waals surface area contributed by atoms with Gasteiger partial charge >= 0.3 is 0 Å². The number of rotatable bonds is 3. The Hall–Kier alpha value is -1.40. The summed E-state index contributed by atoms with van der Waals surface area (Å²) in [5.41, 5.74) is 2.35. The maximum Gasteiger partial charge on any atom is 0.219 e. The summed E-state index contributed by atoms with van der Waals surface area (Å²) in [6, 6.07) is 0.495. The minimum Gasteiger partial charge on any atom is -0.343 e. The number of carbonyl (C=O) groups excluding carboxylic acids is 1. The van der Waals surface area contributed by atoms with E-state index in [9.17, 15) is 4.79 Å². The highest BCUT2D eigenvalue weighted by Crippen LogP contribution is 2.17. The zero-order chi connectivity index (χ0) is 14.1. The number of hydrogen-bond donors (Lipinski definition) is 1. The fourth-order valence-electron chi connectivity index (χ4n) is 2.79. The van der Waals surface area contributed by atoms with Crippen LogP contribution in [-0.4, -0.2) is 39.3 Å². The Morgan fingerprint density at radius 2 is 2.25 bits per heavy atom. The summed E-state index contributed by atoms with van der Waals surface area (Å²) >= 11 is 1.67. The molecule has 6 heteroatoms. The summed E-state index contributed by atoms with van der Waals surface area (Å²) in [4.78, 5) is 18.9. The molecule has 3 heterocycles. The van der Waals surface area contributed by atoms with Gasteiger partial charge in [-0.05, 0) is 19.8 Å². The first-order chi connectivity index (χ1) is 9.65. The molecule has 0 spiro atoms. The summed E-state index contributed by atoms with van der Waals surface area (Å²) < 4.78 is 2.16. The van der Waals surface area contributed by atoms with Crippen LogP contribution < -0.4 is 5.32 Å². The predicted octanol–water partition coefficient (Wildman–Crippen LogP) is 1.80. The van der Waals surface area contributed by atoms with Gasteiger partial charge in [0.05, 0.1) is 11.4 Å². The molecule has 1 fully saturated rings. The number of amides is 1. The first kappa shape index (κ1) is 13.6. The van der Waals surface area contributed by atoms with Crippen molar-refractivity contribution in [2.24, 2.45) is 0 Å². The smallest absolute Gasteiger partial charge is 0.219 e. The van der Waals surface area contributed by atoms with Crippen molar-refractivity contribution in [3.8, 4) is 0 Å². The summed E-state index contributed by atoms with van der Waals surface area (Å²) in [5.74, 6) is 0.190. The highest BCUT2D eigenvalue weighted by Gasteiger charge is 2.20. The van der Waals surface area contributed by atoms with Crippen molar-refractivity contribution in [3.05, 3.63) is 23.0 Å². The van der Waals surface area contributed by atoms with E-state index < -0.39 is 0 Å². The normalized spacial score (nSPS) is 17.0. The summed E-state index contributed by atoms with van der Waals surface area (Å²) in [5, 5.41) is 5.68. The van der Waals surface area contributed by atoms with Crippen molar-refractivity contribution in [2.75, 3.05) is 13.1 Å². The number of aromatic nitrogens is 2. The molecule has 2 aromatic heterocycles. The number of likely N-dealkylation sites (tertiary alicyclic amines) is 1. The van der Waals surface area contributed by atoms with E-state index >= 15 is 0 Å². The molecule has 0 unspecified atom stereocenters. The lowest BCUT2D eigenvalue weighted by Gasteiger charge is -2.31. The van der Waals surface area contributed by atoms with Crippen LogP contribution in [0.2, 0.25) is 0 Å². The molecule has 3 rings (SSSR count). The van der Waals surface area contributed by atoms with Crippen LogP contribution in [0, 0.1) is 6.92 Å². The van der Waals surface area contributed by atoms with Gasteiger partial charge < -0.3 is 10.2 Å². The molecule has 0 bridgehead atoms. The van der Waals surface area contributed by atoms with Crippen LogP contribution in [0.25, 0.3) is 4.96 Å². The van der Waals surface area contributed by atoms with Gasteiger partial charge in [-0.15, -0.1) is 11.3 Å². The molecule has 0 atom stereocenters. The second-order valence-corrected chi connectivity index (χ2v) is 6.23. The number of nitrogens with one attached hydrogen (secondary N) is 1. The third-order valence-electron chi connectivity index (χ3n) is 4.06. The van der Waals surface area contributed by atoms with E-state index in [0.29, 0.717) is 6.04 Å². The van der Waals surface area contributed by atoms with E-state index in [1.165, 1.54) is 5.69 Å². The highest BCUT2D eigenvalue weighted by molar-refractivity contribution is 7.15. The van der Waals surface area contributed by atoms with Crippen LogP contribution in [0.3, 0.4) is 0 Å². The average Bonchev–Trinajstić information content (AvgIpc) is 2.98. The van der Waals surface area contributed by atoms with Gasteiger partial charge in [-0.2, -0.15) is 0 Å². The summed E-state index contributed by atoms with van der Waals surface area (Å²) in [6.45, 7) is 6.29. The Labute approximate surface area is 122 Å². The van der Waals surface area contributed by atoms with Crippen molar-refractivity contribution in [3.63, 3.8) is 0 Å². The highest BCUT2D eigenvalue weighted by atomic mass is 32.1. The number of thiazole rings is 1. The van der Waals surface area contributed by atoms with Crippen LogP contribution in [0.5, 0.6) is 0 Å². The monoisotopic (exact) mass is 292 g/mol. The third kappa shape index (κ3) is 2.58. The van der Waals surface area contributed by atoms with Crippen molar-refractivity contribution >= 4 is 22.2 Å². The summed E-state index contributed by atoms with van der Waals surface area (Å²) in [6.07, 6.45) is 4.14. The molecule has 0 aromatic carbocycles. The molecule has 20 heavy (non-hydrogen) atoms. The second-order valence-electron chi connectivity index (χ2n) is 5.36. The Bertz CT molecular complexity index is 610. The van der Waals surface area contributed by atoms with Crippen LogP contribution in [0.1, 0.15) is 31.2 Å². The Balaban J connectivity index is 1.59. The van der Waals surface area contributed by atoms with Crippen molar-refractivity contribution < 1.29 is 4.79 Å². The number of nitrogens with zero attached hydrogens (tertiary/aromatic N) is 3. The maximum absolute atomic E-state index is 11.3. The molecule has 0 radical (unpaired) electrons. The second kappa shape index (κ2) is 5.54. The minimum atomic E-state index is 0.190. The topological polar surface area (TPSA) is 49.6 Å². The van der Waals surface area contributed by atoms with E-state index in [0.717, 1.165) is 43.1 Å². The van der Waals surface area contributed by atoms with Crippen LogP contribution in [0.4, 0.5) is 0 Å². The first-order valence-corrected chi connectivity index (χ1v) is 7.93. The van der Waals surface area contributed by atoms with Crippen molar-refractivity contribution in [2.45, 2.75) is 39.3 Å². The van der Waals surface area contributed by atoms with E-state index in [1.807, 2.05) is 4.90 Å². The third-order valence-corrected chi connectivity index (χ3v) is 4.82. The lowest BCUT2D eigenvalue weighted by atomic mass is 10.0. The molecule has 1 N–H and O–H groups in total. The predicted molar refractivity (Wildman–Crippen MR) is 79.9 cm³/mol. The van der Waals surface area contributed by atoms with Gasteiger partial charge in [-0.3, -0.25) is 9.20 Å². The molecule has 0 aliphatic carbocycles. The number of piperidine rings is 1. The fourth-order valence-corrected chi connectivity index (χ4v) is 3.57. The van der Waals surface area contributed by atoms with Gasteiger partial charge in [0.2, 0.25) is 5.91 Å². The molecule has 1 aliphatic heterocycles. The molecule has 1 amide bonds. The Morgan fingerprint density at radius 1 is 1.50 bits per heavy atom. The lowest BCUT2D eigenvalue weighted by molar-refractivity contribution is -0.129. The molecule has 0 saturated carbocycles. The molecule has 5 nitrogen and oxygen atoms in total. The van der Waals surface area contributed by atoms with E-state index in [2.05, 4.69) is 33.2 Å². The minimum absolute atomic E-state index is 0.190. The zero-order valence-corrected chi connectivity index (χ0v) is 12.7. The average molecular weight is 292 g/mol. The van der Waals surface area contributed by atoms with Gasteiger partial charge in [0.15, 0.2) is 4.96 Å². The number of fused-ring (bicyclic) bond motifs is 1. The van der Waals surface area contributed by atoms with Crippen molar-refractivity contribution in [1.82, 2.24) is 19.6 Å². The van der Waals surface area contributed by atoms with E-state index in [-0.39, 0.29) is 5.91 Å². The standard InChI is InChI=1S/C14H20N4OS/c1-10-13(18-7-8-20-14(18)16-10)9-15-12-3-5-17(6-4-12)11(2)19/h7-8,12,15H,3-6,9H2,1-2H3. The van der Waals surface area contributed by atoms with Gasteiger partial charge in [-0.25, -0.2) is 4.98 Å². The van der Waals surface area contributed by atoms with Gasteiger partial charge in [-0.1, -0.05) is 0 Å². The number of imidazole rings is 1. The quantitative estimate of drug-likeness (QED) is 0.938. The molecule has 2 aromatic rings. The van der Waals surface area contributed by atoms with Crippen LogP contribution in [-0.2, 0) is 11.3 Å². The van der Waals surface area contributed by atoms with Crippen molar-refractivity contribution in [1.29, 1.82) is 0 Å². The van der Waals surface area contributed by atoms with Gasteiger partial charge in [0, 0.05) is 44.2 Å². The number of hydrogen-bond acceptors (Lipinski definition) is 4. The molecular weight excluding hydrogens is 272 g/mol. The first-order valence-electron chi connectivity index (χ1n) is 7.05. The fraction of sp³-hybridized carbons (Fsp3) is 0.571. The van der Waals surface area contributed by atoms with Crippen LogP contribution in [0.15, 0.2) is 11.6 Å². The number of aryl methyl sites for hydroxylation is 1. The maximum atomic E-state index is 11.3. The SMILES string of the molecule is CC(=O)N1CCC(NCc2c(C)nc3sccn23)CC1. The van der Waals surface area contributed by atoms with Gasteiger partial charge in [0.25, 0.3) is 0 Å². The zero-order valence-electron chi connectivity index (χ0n) is 11.9. The number of carbonyl (C=O) groups is 1. The largest absolute Gasteiger partial charge is 0.343 e. The Kier molecular flexibility index (Phi) is 3.76. The van der Waals surface area contributed by atoms with Gasteiger partial charge in [0.1, 0.15) is 0 Å². The van der Waals surface area contributed by atoms with E-state index in [4.69, 9.17) is 0 Å². The lowest BCUT2D eigenvalue weighted by Crippen LogP contribution is -2.44. The molecule has 1 aliphatic rings. The molecule has 1 saturated heterocycles. The van der Waals surface area contributed by atoms with E-state index in [1.54, 1.807) is 18.3 Å². The Morgan fingerprint density at radius 3 is 2.95 bits per heavy atom.